The summed E-state index contributed by atoms with van der Waals surface area (Å²) in [7, 11) is 1.77. The van der Waals surface area contributed by atoms with Gasteiger partial charge in [-0.25, -0.2) is 13.9 Å². The van der Waals surface area contributed by atoms with Crippen LogP contribution in [-0.2, 0) is 13.6 Å². The lowest BCUT2D eigenvalue weighted by Gasteiger charge is -1.93. The Morgan fingerprint density at radius 1 is 1.69 bits per heavy atom. The lowest BCUT2D eigenvalue weighted by Crippen LogP contribution is -2.34. The molecule has 1 aromatic heterocycles. The maximum Gasteiger partial charge on any atom is 0.379 e. The molecule has 0 saturated carbocycles. The summed E-state index contributed by atoms with van der Waals surface area (Å²) in [6.07, 6.45) is 2.69. The lowest BCUT2D eigenvalue weighted by atomic mass is 10.4. The fourth-order valence-electron chi connectivity index (χ4n) is 1.36. The van der Waals surface area contributed by atoms with Crippen LogP contribution in [0.2, 0.25) is 0 Å². The highest BCUT2D eigenvalue weighted by Gasteiger charge is 2.20. The molecule has 72 valence electrons. The molecule has 0 fully saturated rings. The summed E-state index contributed by atoms with van der Waals surface area (Å²) in [5.74, 6) is 0.0969. The van der Waals surface area contributed by atoms with Crippen LogP contribution in [0, 0.1) is 6.92 Å². The molecule has 0 unspecified atom stereocenters. The van der Waals surface area contributed by atoms with Crippen LogP contribution in [0.15, 0.2) is 6.20 Å². The molecule has 0 aliphatic heterocycles. The summed E-state index contributed by atoms with van der Waals surface area (Å²) >= 11 is 0. The number of aromatic carboxylic acids is 1. The van der Waals surface area contributed by atoms with Gasteiger partial charge in [-0.3, -0.25) is 0 Å². The van der Waals surface area contributed by atoms with Gasteiger partial charge in [-0.2, -0.15) is 0 Å². The Kier molecular flexibility index (Phi) is 2.70. The van der Waals surface area contributed by atoms with Crippen molar-refractivity contribution in [2.75, 3.05) is 0 Å². The van der Waals surface area contributed by atoms with Gasteiger partial charge >= 0.3 is 5.97 Å². The van der Waals surface area contributed by atoms with Crippen LogP contribution >= 0.6 is 0 Å². The largest absolute Gasteiger partial charge is 0.475 e. The van der Waals surface area contributed by atoms with E-state index in [9.17, 15) is 4.79 Å². The third-order valence-electron chi connectivity index (χ3n) is 2.22. The van der Waals surface area contributed by atoms with Gasteiger partial charge in [0.2, 0.25) is 0 Å². The molecular weight excluding hydrogens is 168 g/mol. The highest BCUT2D eigenvalue weighted by molar-refractivity contribution is 5.85. The van der Waals surface area contributed by atoms with Gasteiger partial charge < -0.3 is 5.11 Å². The number of carbonyl (C=O) groups is 1. The first-order chi connectivity index (χ1) is 6.07. The van der Waals surface area contributed by atoms with E-state index in [1.807, 2.05) is 11.5 Å². The maximum atomic E-state index is 10.8. The number of hydrogen-bond donors (Lipinski definition) is 1. The van der Waals surface area contributed by atoms with Gasteiger partial charge in [0.1, 0.15) is 6.20 Å². The third kappa shape index (κ3) is 1.71. The molecule has 4 nitrogen and oxygen atoms in total. The minimum atomic E-state index is -0.875. The lowest BCUT2D eigenvalue weighted by molar-refractivity contribution is -0.702. The molecule has 4 heteroatoms. The second kappa shape index (κ2) is 3.60. The predicted octanol–water partition coefficient (Wildman–Crippen LogP) is 0.729. The van der Waals surface area contributed by atoms with Crippen molar-refractivity contribution in [1.29, 1.82) is 0 Å². The van der Waals surface area contributed by atoms with Gasteiger partial charge in [0.15, 0.2) is 0 Å². The fraction of sp³-hybridized carbons (Fsp3) is 0.556. The number of aromatic nitrogens is 2. The van der Waals surface area contributed by atoms with Crippen molar-refractivity contribution in [3.8, 4) is 0 Å². The van der Waals surface area contributed by atoms with Crippen LogP contribution in [0.25, 0.3) is 0 Å². The number of imidazole rings is 1. The van der Waals surface area contributed by atoms with E-state index in [1.54, 1.807) is 17.8 Å². The van der Waals surface area contributed by atoms with Gasteiger partial charge in [0.25, 0.3) is 11.5 Å². The van der Waals surface area contributed by atoms with Crippen molar-refractivity contribution in [3.05, 3.63) is 17.7 Å². The average molecular weight is 183 g/mol. The van der Waals surface area contributed by atoms with Crippen molar-refractivity contribution in [1.82, 2.24) is 4.57 Å². The molecular formula is C9H15N2O2+. The third-order valence-corrected chi connectivity index (χ3v) is 2.22. The Bertz CT molecular complexity index is 329. The van der Waals surface area contributed by atoms with E-state index in [0.29, 0.717) is 5.69 Å². The summed E-state index contributed by atoms with van der Waals surface area (Å²) in [4.78, 5) is 10.8. The quantitative estimate of drug-likeness (QED) is 0.702. The van der Waals surface area contributed by atoms with Crippen LogP contribution in [0.1, 0.15) is 29.7 Å². The molecule has 0 radical (unpaired) electrons. The summed E-state index contributed by atoms with van der Waals surface area (Å²) in [6, 6.07) is 0. The number of nitrogens with zero attached hydrogens (tertiary/aromatic N) is 2. The topological polar surface area (TPSA) is 46.1 Å². The second-order valence-corrected chi connectivity index (χ2v) is 3.12. The zero-order chi connectivity index (χ0) is 10.0. The summed E-state index contributed by atoms with van der Waals surface area (Å²) in [5.41, 5.74) is 0.339. The van der Waals surface area contributed by atoms with Crippen LogP contribution in [0.5, 0.6) is 0 Å². The first-order valence-electron chi connectivity index (χ1n) is 4.37. The maximum absolute atomic E-state index is 10.8. The molecule has 1 rings (SSSR count). The zero-order valence-electron chi connectivity index (χ0n) is 8.24. The first kappa shape index (κ1) is 9.77. The van der Waals surface area contributed by atoms with E-state index in [-0.39, 0.29) is 0 Å². The first-order valence-corrected chi connectivity index (χ1v) is 4.37. The van der Waals surface area contributed by atoms with E-state index in [2.05, 4.69) is 6.92 Å². The molecule has 1 N–H and O–H groups in total. The van der Waals surface area contributed by atoms with Crippen LogP contribution in [-0.4, -0.2) is 15.6 Å². The summed E-state index contributed by atoms with van der Waals surface area (Å²) in [6.45, 7) is 4.86. The summed E-state index contributed by atoms with van der Waals surface area (Å²) in [5, 5.41) is 8.84. The monoisotopic (exact) mass is 183 g/mol. The van der Waals surface area contributed by atoms with Crippen molar-refractivity contribution in [3.63, 3.8) is 0 Å². The number of carboxylic acids is 1. The van der Waals surface area contributed by atoms with Crippen molar-refractivity contribution >= 4 is 5.97 Å². The van der Waals surface area contributed by atoms with E-state index in [1.165, 1.54) is 0 Å². The zero-order valence-corrected chi connectivity index (χ0v) is 8.24. The Morgan fingerprint density at radius 3 is 2.69 bits per heavy atom. The molecule has 0 aliphatic rings. The number of carboxylic acid groups (broad SMARTS) is 1. The second-order valence-electron chi connectivity index (χ2n) is 3.12. The van der Waals surface area contributed by atoms with Gasteiger partial charge in [-0.1, -0.05) is 6.92 Å². The highest BCUT2D eigenvalue weighted by atomic mass is 16.4. The van der Waals surface area contributed by atoms with Crippen molar-refractivity contribution < 1.29 is 14.5 Å². The molecule has 0 spiro atoms. The minimum Gasteiger partial charge on any atom is -0.475 e. The van der Waals surface area contributed by atoms with Crippen molar-refractivity contribution in [2.24, 2.45) is 7.05 Å². The number of rotatable bonds is 3. The van der Waals surface area contributed by atoms with Crippen LogP contribution in [0.4, 0.5) is 0 Å². The average Bonchev–Trinajstić information content (AvgIpc) is 2.33. The molecule has 0 amide bonds. The molecule has 0 aliphatic carbocycles. The van der Waals surface area contributed by atoms with Gasteiger partial charge in [0.05, 0.1) is 13.6 Å². The van der Waals surface area contributed by atoms with E-state index in [4.69, 9.17) is 5.11 Å². The molecule has 0 saturated heterocycles. The molecule has 1 heterocycles. The normalized spacial score (nSPS) is 10.4. The van der Waals surface area contributed by atoms with E-state index < -0.39 is 5.97 Å². The standard InChI is InChI=1S/C9H14N2O2/c1-4-5-11-6-8(9(12)13)10(3)7(11)2/h6H,4-5H2,1-3H3/p+1. The minimum absolute atomic E-state index is 0.339. The van der Waals surface area contributed by atoms with Gasteiger partial charge in [0, 0.05) is 6.92 Å². The highest BCUT2D eigenvalue weighted by Crippen LogP contribution is 2.00. The Balaban J connectivity index is 3.12. The predicted molar refractivity (Wildman–Crippen MR) is 47.6 cm³/mol. The SMILES string of the molecule is CCC[n+]1cc(C(=O)O)n(C)c1C. The molecule has 13 heavy (non-hydrogen) atoms. The Hall–Kier alpha value is -1.32. The molecule has 0 aromatic carbocycles. The molecule has 0 bridgehead atoms. The number of hydrogen-bond acceptors (Lipinski definition) is 1. The van der Waals surface area contributed by atoms with Gasteiger partial charge in [-0.15, -0.1) is 0 Å². The van der Waals surface area contributed by atoms with Gasteiger partial charge in [-0.05, 0) is 6.42 Å². The Morgan fingerprint density at radius 2 is 2.31 bits per heavy atom. The molecule has 1 aromatic rings. The fourth-order valence-corrected chi connectivity index (χ4v) is 1.36. The van der Waals surface area contributed by atoms with E-state index in [0.717, 1.165) is 18.8 Å². The number of aryl methyl sites for hydroxylation is 1. The Labute approximate surface area is 77.4 Å². The molecule has 0 atom stereocenters. The van der Waals surface area contributed by atoms with Crippen LogP contribution in [0.3, 0.4) is 0 Å². The smallest absolute Gasteiger partial charge is 0.379 e. The summed E-state index contributed by atoms with van der Waals surface area (Å²) < 4.78 is 3.65. The van der Waals surface area contributed by atoms with E-state index >= 15 is 0 Å². The van der Waals surface area contributed by atoms with Crippen molar-refractivity contribution in [2.45, 2.75) is 26.8 Å². The van der Waals surface area contributed by atoms with Crippen LogP contribution < -0.4 is 4.57 Å².